The van der Waals surface area contributed by atoms with E-state index in [0.29, 0.717) is 4.91 Å². The Bertz CT molecular complexity index is 733. The highest BCUT2D eigenvalue weighted by Gasteiger charge is 2.36. The maximum atomic E-state index is 12.2. The Morgan fingerprint density at radius 3 is 2.90 bits per heavy atom. The minimum Gasteiger partial charge on any atom is -0.346 e. The third-order valence-electron chi connectivity index (χ3n) is 3.11. The van der Waals surface area contributed by atoms with E-state index in [1.807, 2.05) is 26.0 Å². The normalized spacial score (nSPS) is 17.9. The molecular weight excluding hydrogens is 274 g/mol. The highest BCUT2D eigenvalue weighted by atomic mass is 32.2. The molecule has 2 aromatic heterocycles. The maximum Gasteiger partial charge on any atom is 0.293 e. The van der Waals surface area contributed by atoms with Gasteiger partial charge in [-0.1, -0.05) is 0 Å². The molecule has 0 unspecified atom stereocenters. The molecule has 1 aliphatic heterocycles. The van der Waals surface area contributed by atoms with Crippen molar-refractivity contribution in [1.82, 2.24) is 14.9 Å². The van der Waals surface area contributed by atoms with Crippen LogP contribution in [0.2, 0.25) is 0 Å². The highest BCUT2D eigenvalue weighted by molar-refractivity contribution is 8.18. The number of thioether (sulfide) groups is 1. The first-order valence-electron chi connectivity index (χ1n) is 6.27. The summed E-state index contributed by atoms with van der Waals surface area (Å²) in [4.78, 5) is 33.0. The van der Waals surface area contributed by atoms with E-state index >= 15 is 0 Å². The van der Waals surface area contributed by atoms with Gasteiger partial charge in [0.2, 0.25) is 0 Å². The van der Waals surface area contributed by atoms with Crippen LogP contribution in [0.25, 0.3) is 17.1 Å². The fraction of sp³-hybridized carbons (Fsp3) is 0.214. The number of aromatic amines is 1. The predicted molar refractivity (Wildman–Crippen MR) is 79.0 cm³/mol. The highest BCUT2D eigenvalue weighted by Crippen LogP contribution is 2.34. The minimum absolute atomic E-state index is 0.127. The summed E-state index contributed by atoms with van der Waals surface area (Å²) in [6, 6.07) is 3.64. The quantitative estimate of drug-likeness (QED) is 0.862. The van der Waals surface area contributed by atoms with Gasteiger partial charge in [-0.15, -0.1) is 0 Å². The van der Waals surface area contributed by atoms with Crippen LogP contribution < -0.4 is 0 Å². The van der Waals surface area contributed by atoms with E-state index in [1.165, 1.54) is 4.90 Å². The lowest BCUT2D eigenvalue weighted by atomic mass is 10.2. The van der Waals surface area contributed by atoms with Crippen LogP contribution in [0.5, 0.6) is 0 Å². The Morgan fingerprint density at radius 1 is 1.40 bits per heavy atom. The lowest BCUT2D eigenvalue weighted by Crippen LogP contribution is -2.34. The molecule has 6 heteroatoms. The van der Waals surface area contributed by atoms with Crippen molar-refractivity contribution in [1.29, 1.82) is 0 Å². The Hall–Kier alpha value is -2.08. The number of pyridine rings is 1. The number of fused-ring (bicyclic) bond motifs is 1. The number of hydrogen-bond donors (Lipinski definition) is 1. The zero-order valence-electron chi connectivity index (χ0n) is 11.1. The molecule has 5 nitrogen and oxygen atoms in total. The van der Waals surface area contributed by atoms with Gasteiger partial charge in [-0.3, -0.25) is 14.5 Å². The number of nitrogens with one attached hydrogen (secondary N) is 1. The molecule has 3 heterocycles. The number of hydrogen-bond acceptors (Lipinski definition) is 4. The molecule has 0 atom stereocenters. The number of aromatic nitrogens is 2. The number of H-pyrrole nitrogens is 1. The first-order valence-corrected chi connectivity index (χ1v) is 7.08. The van der Waals surface area contributed by atoms with Crippen LogP contribution in [0.15, 0.2) is 29.4 Å². The second-order valence-electron chi connectivity index (χ2n) is 4.79. The molecule has 0 aromatic carbocycles. The van der Waals surface area contributed by atoms with E-state index in [9.17, 15) is 9.59 Å². The van der Waals surface area contributed by atoms with E-state index in [0.717, 1.165) is 28.4 Å². The van der Waals surface area contributed by atoms with E-state index in [-0.39, 0.29) is 17.2 Å². The molecule has 1 saturated heterocycles. The minimum atomic E-state index is -0.228. The predicted octanol–water partition coefficient (Wildman–Crippen LogP) is 3.01. The molecule has 2 amide bonds. The number of carbonyl (C=O) groups excluding carboxylic acids is 2. The van der Waals surface area contributed by atoms with Gasteiger partial charge in [-0.05, 0) is 43.8 Å². The summed E-state index contributed by atoms with van der Waals surface area (Å²) in [5.74, 6) is -0.228. The Kier molecular flexibility index (Phi) is 3.10. The van der Waals surface area contributed by atoms with Crippen LogP contribution in [0, 0.1) is 0 Å². The van der Waals surface area contributed by atoms with Gasteiger partial charge < -0.3 is 4.98 Å². The van der Waals surface area contributed by atoms with Crippen LogP contribution in [0.3, 0.4) is 0 Å². The van der Waals surface area contributed by atoms with Crippen LogP contribution in [-0.4, -0.2) is 32.1 Å². The Balaban J connectivity index is 2.01. The van der Waals surface area contributed by atoms with Crippen molar-refractivity contribution in [3.8, 4) is 0 Å². The van der Waals surface area contributed by atoms with Gasteiger partial charge in [0.25, 0.3) is 11.1 Å². The molecule has 2 aromatic rings. The van der Waals surface area contributed by atoms with Gasteiger partial charge in [-0.2, -0.15) is 0 Å². The SMILES string of the molecule is CC(C)N1C(=O)S/C(=C\c2c[nH]c3ncccc23)C1=O. The summed E-state index contributed by atoms with van der Waals surface area (Å²) in [6.45, 7) is 3.66. The monoisotopic (exact) mass is 287 g/mol. The summed E-state index contributed by atoms with van der Waals surface area (Å²) >= 11 is 0.981. The van der Waals surface area contributed by atoms with Crippen molar-refractivity contribution >= 4 is 40.0 Å². The molecule has 3 rings (SSSR count). The Labute approximate surface area is 120 Å². The molecule has 1 N–H and O–H groups in total. The smallest absolute Gasteiger partial charge is 0.293 e. The summed E-state index contributed by atoms with van der Waals surface area (Å²) in [5.41, 5.74) is 1.63. The lowest BCUT2D eigenvalue weighted by Gasteiger charge is -2.16. The number of nitrogens with zero attached hydrogens (tertiary/aromatic N) is 2. The summed E-state index contributed by atoms with van der Waals surface area (Å²) < 4.78 is 0. The first kappa shape index (κ1) is 12.9. The van der Waals surface area contributed by atoms with Crippen molar-refractivity contribution in [3.63, 3.8) is 0 Å². The second-order valence-corrected chi connectivity index (χ2v) is 5.78. The van der Waals surface area contributed by atoms with E-state index in [1.54, 1.807) is 18.5 Å². The van der Waals surface area contributed by atoms with E-state index < -0.39 is 0 Å². The van der Waals surface area contributed by atoms with Gasteiger partial charge in [0, 0.05) is 29.4 Å². The van der Waals surface area contributed by atoms with Crippen molar-refractivity contribution in [2.45, 2.75) is 19.9 Å². The molecule has 0 saturated carbocycles. The zero-order chi connectivity index (χ0) is 14.3. The van der Waals surface area contributed by atoms with Gasteiger partial charge in [-0.25, -0.2) is 4.98 Å². The third kappa shape index (κ3) is 2.02. The molecular formula is C14H13N3O2S. The number of imide groups is 1. The largest absolute Gasteiger partial charge is 0.346 e. The van der Waals surface area contributed by atoms with Gasteiger partial charge in [0.1, 0.15) is 5.65 Å². The number of rotatable bonds is 2. The average Bonchev–Trinajstić information content (AvgIpc) is 2.93. The standard InChI is InChI=1S/C14H13N3O2S/c1-8(2)17-13(18)11(20-14(17)19)6-9-7-16-12-10(9)4-3-5-15-12/h3-8H,1-2H3,(H,15,16)/b11-6-. The number of amides is 2. The Morgan fingerprint density at radius 2 is 2.20 bits per heavy atom. The molecule has 0 bridgehead atoms. The molecule has 102 valence electrons. The molecule has 1 aliphatic rings. The van der Waals surface area contributed by atoms with Crippen LogP contribution >= 0.6 is 11.8 Å². The van der Waals surface area contributed by atoms with Crippen molar-refractivity contribution in [2.75, 3.05) is 0 Å². The van der Waals surface area contributed by atoms with Gasteiger partial charge in [0.05, 0.1) is 4.91 Å². The second kappa shape index (κ2) is 4.79. The summed E-state index contributed by atoms with van der Waals surface area (Å²) in [7, 11) is 0. The van der Waals surface area contributed by atoms with Crippen molar-refractivity contribution in [2.24, 2.45) is 0 Å². The van der Waals surface area contributed by atoms with Crippen LogP contribution in [0.1, 0.15) is 19.4 Å². The lowest BCUT2D eigenvalue weighted by molar-refractivity contribution is -0.123. The third-order valence-corrected chi connectivity index (χ3v) is 3.99. The fourth-order valence-electron chi connectivity index (χ4n) is 2.16. The van der Waals surface area contributed by atoms with Gasteiger partial charge >= 0.3 is 0 Å². The summed E-state index contributed by atoms with van der Waals surface area (Å²) in [6.07, 6.45) is 5.24. The van der Waals surface area contributed by atoms with Crippen molar-refractivity contribution in [3.05, 3.63) is 35.0 Å². The number of carbonyl (C=O) groups is 2. The topological polar surface area (TPSA) is 66.1 Å². The van der Waals surface area contributed by atoms with Gasteiger partial charge in [0.15, 0.2) is 0 Å². The fourth-order valence-corrected chi connectivity index (χ4v) is 3.11. The average molecular weight is 287 g/mol. The van der Waals surface area contributed by atoms with Crippen LogP contribution in [0.4, 0.5) is 4.79 Å². The molecule has 0 radical (unpaired) electrons. The zero-order valence-corrected chi connectivity index (χ0v) is 11.9. The maximum absolute atomic E-state index is 12.2. The van der Waals surface area contributed by atoms with E-state index in [2.05, 4.69) is 9.97 Å². The molecule has 20 heavy (non-hydrogen) atoms. The molecule has 0 spiro atoms. The van der Waals surface area contributed by atoms with E-state index in [4.69, 9.17) is 0 Å². The van der Waals surface area contributed by atoms with Crippen molar-refractivity contribution < 1.29 is 9.59 Å². The molecule has 1 fully saturated rings. The first-order chi connectivity index (χ1) is 9.58. The van der Waals surface area contributed by atoms with Crippen LogP contribution in [-0.2, 0) is 4.79 Å². The molecule has 0 aliphatic carbocycles. The summed E-state index contributed by atoms with van der Waals surface area (Å²) in [5, 5.41) is 0.720.